The fraction of sp³-hybridized carbons (Fsp3) is 0.960. The first-order chi connectivity index (χ1) is 14.9. The topological polar surface area (TPSA) is 63.2 Å². The van der Waals surface area contributed by atoms with Crippen LogP contribution in [-0.4, -0.2) is 69.1 Å². The summed E-state index contributed by atoms with van der Waals surface area (Å²) < 4.78 is 31.9. The van der Waals surface area contributed by atoms with Crippen molar-refractivity contribution in [1.29, 1.82) is 0 Å². The average Bonchev–Trinajstić information content (AvgIpc) is 2.93. The minimum absolute atomic E-state index is 0.00269. The second kappa shape index (κ2) is 10.4. The van der Waals surface area contributed by atoms with E-state index >= 15 is 0 Å². The summed E-state index contributed by atoms with van der Waals surface area (Å²) in [5.74, 6) is -0.414. The Bertz CT molecular complexity index is 701. The van der Waals surface area contributed by atoms with Gasteiger partial charge in [0.25, 0.3) is 0 Å². The molecule has 34 heavy (non-hydrogen) atoms. The van der Waals surface area contributed by atoms with Crippen molar-refractivity contribution in [2.45, 2.75) is 141 Å². The molecule has 0 aromatic carbocycles. The Hall–Kier alpha value is -0.0394. The SMILES string of the molecule is COC(=O)[C@@H]1O[C@H](CO[Si](C)(C)C(C)(C)C)[C@@H](O[Si](C)(C)C(C)(C)C)[C@H]1O[Si](C)(C)C(C)(C)C. The summed E-state index contributed by atoms with van der Waals surface area (Å²) in [6.07, 6.45) is -2.16. The number of esters is 1. The average molecular weight is 535 g/mol. The molecule has 1 saturated heterocycles. The summed E-state index contributed by atoms with van der Waals surface area (Å²) in [7, 11) is -5.06. The number of methoxy groups -OCH3 is 1. The Morgan fingerprint density at radius 3 is 1.44 bits per heavy atom. The van der Waals surface area contributed by atoms with Gasteiger partial charge in [0.1, 0.15) is 18.3 Å². The Kier molecular flexibility index (Phi) is 9.76. The van der Waals surface area contributed by atoms with Gasteiger partial charge in [0.2, 0.25) is 0 Å². The fourth-order valence-corrected chi connectivity index (χ4v) is 6.61. The van der Waals surface area contributed by atoms with E-state index in [0.29, 0.717) is 6.61 Å². The standard InChI is InChI=1S/C25H54O6Si3/c1-23(2,3)32(11,12)28-17-18-19(30-33(13,14)24(4,5)6)20(21(29-18)22(26)27-10)31-34(15,16)25(7,8)9/h18-21H,17H2,1-16H3/t18-,19-,20-,21-/m1/s1. The van der Waals surface area contributed by atoms with Crippen LogP contribution in [0.1, 0.15) is 62.3 Å². The van der Waals surface area contributed by atoms with Gasteiger partial charge in [-0.3, -0.25) is 0 Å². The third kappa shape index (κ3) is 7.26. The lowest BCUT2D eigenvalue weighted by Gasteiger charge is -2.44. The van der Waals surface area contributed by atoms with Crippen LogP contribution in [0.25, 0.3) is 0 Å². The highest BCUT2D eigenvalue weighted by Crippen LogP contribution is 2.44. The van der Waals surface area contributed by atoms with Gasteiger partial charge in [-0.25, -0.2) is 4.79 Å². The lowest BCUT2D eigenvalue weighted by atomic mass is 10.1. The molecule has 6 nitrogen and oxygen atoms in total. The van der Waals surface area contributed by atoms with Gasteiger partial charge in [-0.2, -0.15) is 0 Å². The molecule has 0 aromatic rings. The molecule has 0 radical (unpaired) electrons. The zero-order valence-corrected chi connectivity index (χ0v) is 28.0. The fourth-order valence-electron chi connectivity index (χ4n) is 2.98. The molecule has 0 aliphatic carbocycles. The van der Waals surface area contributed by atoms with Gasteiger partial charge in [0.05, 0.1) is 13.7 Å². The number of hydrogen-bond donors (Lipinski definition) is 0. The molecule has 4 atom stereocenters. The first kappa shape index (κ1) is 32.0. The molecular formula is C25H54O6Si3. The van der Waals surface area contributed by atoms with Crippen molar-refractivity contribution >= 4 is 30.9 Å². The van der Waals surface area contributed by atoms with E-state index in [1.54, 1.807) is 0 Å². The molecule has 0 spiro atoms. The van der Waals surface area contributed by atoms with Crippen molar-refractivity contribution in [3.63, 3.8) is 0 Å². The molecule has 0 unspecified atom stereocenters. The van der Waals surface area contributed by atoms with Crippen molar-refractivity contribution in [2.75, 3.05) is 13.7 Å². The van der Waals surface area contributed by atoms with Gasteiger partial charge in [-0.1, -0.05) is 62.3 Å². The Morgan fingerprint density at radius 2 is 1.09 bits per heavy atom. The molecule has 1 fully saturated rings. The van der Waals surface area contributed by atoms with E-state index in [-0.39, 0.29) is 15.1 Å². The normalized spacial score (nSPS) is 25.5. The van der Waals surface area contributed by atoms with Gasteiger partial charge < -0.3 is 22.8 Å². The maximum Gasteiger partial charge on any atom is 0.337 e. The maximum atomic E-state index is 12.9. The summed E-state index contributed by atoms with van der Waals surface area (Å²) in [6, 6.07) is 0. The first-order valence-corrected chi connectivity index (χ1v) is 21.3. The summed E-state index contributed by atoms with van der Waals surface area (Å²) in [4.78, 5) is 12.9. The molecular weight excluding hydrogens is 481 g/mol. The Labute approximate surface area is 213 Å². The molecule has 1 rings (SSSR count). The highest BCUT2D eigenvalue weighted by Gasteiger charge is 2.56. The van der Waals surface area contributed by atoms with Gasteiger partial charge in [0, 0.05) is 0 Å². The number of rotatable bonds is 8. The van der Waals surface area contributed by atoms with E-state index in [1.165, 1.54) is 7.11 Å². The highest BCUT2D eigenvalue weighted by molar-refractivity contribution is 6.75. The number of carbonyl (C=O) groups excluding carboxylic acids is 1. The zero-order valence-electron chi connectivity index (χ0n) is 25.0. The van der Waals surface area contributed by atoms with Crippen molar-refractivity contribution in [3.8, 4) is 0 Å². The van der Waals surface area contributed by atoms with Crippen LogP contribution in [0.3, 0.4) is 0 Å². The van der Waals surface area contributed by atoms with E-state index < -0.39 is 55.3 Å². The molecule has 0 amide bonds. The number of hydrogen-bond acceptors (Lipinski definition) is 6. The smallest absolute Gasteiger partial charge is 0.337 e. The molecule has 1 aliphatic heterocycles. The van der Waals surface area contributed by atoms with Crippen molar-refractivity contribution in [1.82, 2.24) is 0 Å². The monoisotopic (exact) mass is 534 g/mol. The van der Waals surface area contributed by atoms with Gasteiger partial charge >= 0.3 is 5.97 Å². The van der Waals surface area contributed by atoms with Gasteiger partial charge in [0.15, 0.2) is 31.1 Å². The lowest BCUT2D eigenvalue weighted by Crippen LogP contribution is -2.55. The maximum absolute atomic E-state index is 12.9. The van der Waals surface area contributed by atoms with Crippen LogP contribution < -0.4 is 0 Å². The van der Waals surface area contributed by atoms with E-state index in [4.69, 9.17) is 22.8 Å². The van der Waals surface area contributed by atoms with Crippen LogP contribution in [0.4, 0.5) is 0 Å². The largest absolute Gasteiger partial charge is 0.467 e. The molecule has 0 bridgehead atoms. The van der Waals surface area contributed by atoms with E-state index in [9.17, 15) is 4.79 Å². The van der Waals surface area contributed by atoms with Crippen LogP contribution in [0.15, 0.2) is 0 Å². The van der Waals surface area contributed by atoms with E-state index in [1.807, 2.05) is 0 Å². The minimum atomic E-state index is -2.24. The summed E-state index contributed by atoms with van der Waals surface area (Å²) in [6.45, 7) is 33.6. The molecule has 0 aromatic heterocycles. The predicted molar refractivity (Wildman–Crippen MR) is 148 cm³/mol. The van der Waals surface area contributed by atoms with Crippen molar-refractivity contribution < 1.29 is 27.5 Å². The van der Waals surface area contributed by atoms with Crippen LogP contribution in [-0.2, 0) is 27.5 Å². The van der Waals surface area contributed by atoms with E-state index in [0.717, 1.165) is 0 Å². The van der Waals surface area contributed by atoms with Crippen molar-refractivity contribution in [2.24, 2.45) is 0 Å². The summed E-state index contributed by atoms with van der Waals surface area (Å²) in [5, 5.41) is 0.0494. The summed E-state index contributed by atoms with van der Waals surface area (Å²) in [5.41, 5.74) is 0. The van der Waals surface area contributed by atoms with Crippen molar-refractivity contribution in [3.05, 3.63) is 0 Å². The predicted octanol–water partition coefficient (Wildman–Crippen LogP) is 6.73. The van der Waals surface area contributed by atoms with Gasteiger partial charge in [-0.15, -0.1) is 0 Å². The number of carbonyl (C=O) groups is 1. The quantitative estimate of drug-likeness (QED) is 0.254. The third-order valence-electron chi connectivity index (χ3n) is 8.63. The van der Waals surface area contributed by atoms with E-state index in [2.05, 4.69) is 102 Å². The minimum Gasteiger partial charge on any atom is -0.467 e. The molecule has 1 aliphatic rings. The Balaban J connectivity index is 3.46. The molecule has 0 saturated carbocycles. The molecule has 202 valence electrons. The third-order valence-corrected chi connectivity index (χ3v) is 22.1. The second-order valence-corrected chi connectivity index (χ2v) is 28.7. The molecule has 9 heteroatoms. The zero-order chi connectivity index (χ0) is 27.1. The highest BCUT2D eigenvalue weighted by atomic mass is 28.4. The Morgan fingerprint density at radius 1 is 0.706 bits per heavy atom. The van der Waals surface area contributed by atoms with Crippen LogP contribution >= 0.6 is 0 Å². The van der Waals surface area contributed by atoms with Crippen LogP contribution in [0.5, 0.6) is 0 Å². The summed E-state index contributed by atoms with van der Waals surface area (Å²) >= 11 is 0. The lowest BCUT2D eigenvalue weighted by molar-refractivity contribution is -0.157. The molecule has 0 N–H and O–H groups in total. The first-order valence-electron chi connectivity index (χ1n) is 12.6. The van der Waals surface area contributed by atoms with Crippen LogP contribution in [0.2, 0.25) is 54.4 Å². The van der Waals surface area contributed by atoms with Crippen LogP contribution in [0, 0.1) is 0 Å². The number of ether oxygens (including phenoxy) is 2. The second-order valence-electron chi connectivity index (χ2n) is 14.4. The van der Waals surface area contributed by atoms with Gasteiger partial charge in [-0.05, 0) is 54.4 Å². The molecule has 1 heterocycles.